The number of rotatable bonds is 4. The van der Waals surface area contributed by atoms with Crippen LogP contribution in [0.15, 0.2) is 67.0 Å². The van der Waals surface area contributed by atoms with E-state index in [1.165, 1.54) is 29.8 Å². The summed E-state index contributed by atoms with van der Waals surface area (Å²) >= 11 is 0. The van der Waals surface area contributed by atoms with E-state index >= 15 is 0 Å². The van der Waals surface area contributed by atoms with E-state index in [9.17, 15) is 0 Å². The zero-order valence-electron chi connectivity index (χ0n) is 13.4. The molecule has 0 saturated carbocycles. The van der Waals surface area contributed by atoms with Crippen molar-refractivity contribution in [3.63, 3.8) is 0 Å². The molecule has 1 fully saturated rings. The van der Waals surface area contributed by atoms with Gasteiger partial charge in [0.05, 0.1) is 6.42 Å². The number of para-hydroxylation sites is 2. The van der Waals surface area contributed by atoms with Gasteiger partial charge in [-0.1, -0.05) is 43.3 Å². The molecule has 3 aliphatic heterocycles. The summed E-state index contributed by atoms with van der Waals surface area (Å²) in [5, 5.41) is 0. The molecule has 0 radical (unpaired) electrons. The highest BCUT2D eigenvalue weighted by atomic mass is 15.8. The Balaban J connectivity index is 1.80. The number of nitrogens with zero attached hydrogens (tertiary/aromatic N) is 2. The van der Waals surface area contributed by atoms with Gasteiger partial charge in [0.1, 0.15) is 11.4 Å². The zero-order valence-corrected chi connectivity index (χ0v) is 13.4. The van der Waals surface area contributed by atoms with Gasteiger partial charge in [-0.2, -0.15) is 8.97 Å². The first-order valence-corrected chi connectivity index (χ1v) is 8.30. The van der Waals surface area contributed by atoms with Crippen molar-refractivity contribution >= 4 is 11.4 Å². The van der Waals surface area contributed by atoms with Crippen LogP contribution in [0.4, 0.5) is 11.4 Å². The fourth-order valence-corrected chi connectivity index (χ4v) is 4.49. The minimum Gasteiger partial charge on any atom is -0.164 e. The lowest BCUT2D eigenvalue weighted by atomic mass is 10.0. The summed E-state index contributed by atoms with van der Waals surface area (Å²) in [5.41, 5.74) is 4.30. The van der Waals surface area contributed by atoms with Gasteiger partial charge in [-0.3, -0.25) is 0 Å². The van der Waals surface area contributed by atoms with Gasteiger partial charge in [0, 0.05) is 11.6 Å². The van der Waals surface area contributed by atoms with Crippen LogP contribution < -0.4 is 8.97 Å². The smallest absolute Gasteiger partial charge is 0.164 e. The monoisotopic (exact) mass is 292 g/mol. The van der Waals surface area contributed by atoms with Crippen LogP contribution in [0.25, 0.3) is 0 Å². The van der Waals surface area contributed by atoms with Crippen molar-refractivity contribution in [1.29, 1.82) is 0 Å². The lowest BCUT2D eigenvalue weighted by Crippen LogP contribution is -2.80. The van der Waals surface area contributed by atoms with Gasteiger partial charge >= 0.3 is 0 Å². The lowest BCUT2D eigenvalue weighted by molar-refractivity contribution is 0.00223. The van der Waals surface area contributed by atoms with Crippen LogP contribution >= 0.6 is 0 Å². The van der Waals surface area contributed by atoms with Crippen molar-refractivity contribution in [3.05, 3.63) is 72.6 Å². The van der Waals surface area contributed by atoms with Crippen LogP contribution in [-0.4, -0.2) is 12.8 Å². The number of hydrogen-bond donors (Lipinski definition) is 0. The molecule has 3 aliphatic rings. The van der Waals surface area contributed by atoms with Gasteiger partial charge in [-0.25, -0.2) is 0 Å². The molecule has 0 spiro atoms. The highest BCUT2D eigenvalue weighted by molar-refractivity contribution is 5.63. The Kier molecular flexibility index (Phi) is 3.00. The zero-order chi connectivity index (χ0) is 15.2. The molecule has 22 heavy (non-hydrogen) atoms. The van der Waals surface area contributed by atoms with Gasteiger partial charge in [-0.15, -0.1) is 0 Å². The van der Waals surface area contributed by atoms with E-state index in [4.69, 9.17) is 0 Å². The van der Waals surface area contributed by atoms with E-state index in [1.54, 1.807) is 0 Å². The summed E-state index contributed by atoms with van der Waals surface area (Å²) in [6.07, 6.45) is 7.94. The molecule has 0 aromatic heterocycles. The van der Waals surface area contributed by atoms with E-state index in [2.05, 4.69) is 80.8 Å². The molecule has 3 heterocycles. The average Bonchev–Trinajstić information content (AvgIpc) is 3.10. The minimum absolute atomic E-state index is 0.591. The molecule has 0 N–H and O–H groups in total. The molecule has 2 aromatic rings. The van der Waals surface area contributed by atoms with Crippen molar-refractivity contribution in [2.24, 2.45) is 0 Å². The maximum atomic E-state index is 2.44. The molecule has 1 saturated heterocycles. The maximum absolute atomic E-state index is 2.44. The summed E-state index contributed by atoms with van der Waals surface area (Å²) in [6.45, 7) is 5.67. The van der Waals surface area contributed by atoms with Crippen molar-refractivity contribution in [2.75, 3.05) is 6.67 Å². The number of benzene rings is 2. The molecule has 2 heteroatoms. The summed E-state index contributed by atoms with van der Waals surface area (Å²) in [5.74, 6) is 0. The van der Waals surface area contributed by atoms with Crippen LogP contribution in [0.5, 0.6) is 0 Å². The van der Waals surface area contributed by atoms with Gasteiger partial charge in [0.25, 0.3) is 0 Å². The van der Waals surface area contributed by atoms with Crippen LogP contribution in [0.2, 0.25) is 0 Å². The SMILES string of the molecule is CCCC1[N+]2(c3ccccc3)C=C[N+]1(c1ccccc1C)C2. The third-order valence-electron chi connectivity index (χ3n) is 5.48. The first-order chi connectivity index (χ1) is 10.7. The van der Waals surface area contributed by atoms with Crippen molar-refractivity contribution < 1.29 is 0 Å². The topological polar surface area (TPSA) is 0 Å². The molecule has 2 nitrogen and oxygen atoms in total. The fraction of sp³-hybridized carbons (Fsp3) is 0.300. The first-order valence-electron chi connectivity index (χ1n) is 8.30. The Morgan fingerprint density at radius 3 is 2.32 bits per heavy atom. The van der Waals surface area contributed by atoms with Crippen LogP contribution in [0.3, 0.4) is 0 Å². The summed E-state index contributed by atoms with van der Waals surface area (Å²) < 4.78 is 2.04. The third kappa shape index (κ3) is 1.62. The number of hydrogen-bond acceptors (Lipinski definition) is 0. The molecular weight excluding hydrogens is 268 g/mol. The van der Waals surface area contributed by atoms with E-state index in [1.807, 2.05) is 0 Å². The van der Waals surface area contributed by atoms with Gasteiger partial charge < -0.3 is 0 Å². The Labute approximate surface area is 133 Å². The summed E-state index contributed by atoms with van der Waals surface area (Å²) in [7, 11) is 0. The molecule has 2 bridgehead atoms. The average molecular weight is 292 g/mol. The normalized spacial score (nSPS) is 32.0. The second-order valence-electron chi connectivity index (χ2n) is 6.69. The molecule has 112 valence electrons. The Hall–Kier alpha value is -1.90. The quantitative estimate of drug-likeness (QED) is 0.704. The predicted octanol–water partition coefficient (Wildman–Crippen LogP) is 4.89. The third-order valence-corrected chi connectivity index (χ3v) is 5.48. The van der Waals surface area contributed by atoms with Crippen LogP contribution in [-0.2, 0) is 0 Å². The highest BCUT2D eigenvalue weighted by Crippen LogP contribution is 2.53. The highest BCUT2D eigenvalue weighted by Gasteiger charge is 2.71. The van der Waals surface area contributed by atoms with Gasteiger partial charge in [0.15, 0.2) is 12.4 Å². The molecule has 5 rings (SSSR count). The minimum atomic E-state index is 0.591. The van der Waals surface area contributed by atoms with Crippen molar-refractivity contribution in [3.8, 4) is 0 Å². The molecule has 0 amide bonds. The van der Waals surface area contributed by atoms with E-state index in [-0.39, 0.29) is 0 Å². The lowest BCUT2D eigenvalue weighted by Gasteiger charge is -2.53. The van der Waals surface area contributed by atoms with Crippen LogP contribution in [0.1, 0.15) is 25.3 Å². The van der Waals surface area contributed by atoms with E-state index in [0.717, 1.165) is 15.6 Å². The maximum Gasteiger partial charge on any atom is 0.243 e. The number of aryl methyl sites for hydroxylation is 1. The fourth-order valence-electron chi connectivity index (χ4n) is 4.49. The molecule has 2 aromatic carbocycles. The number of quaternary nitrogens is 2. The predicted molar refractivity (Wildman–Crippen MR) is 93.9 cm³/mol. The Bertz CT molecular complexity index is 721. The van der Waals surface area contributed by atoms with E-state index in [0.29, 0.717) is 6.17 Å². The molecule has 0 aliphatic carbocycles. The largest absolute Gasteiger partial charge is 0.243 e. The van der Waals surface area contributed by atoms with Gasteiger partial charge in [-0.05, 0) is 25.5 Å². The van der Waals surface area contributed by atoms with Crippen LogP contribution in [0, 0.1) is 6.92 Å². The van der Waals surface area contributed by atoms with Crippen molar-refractivity contribution in [1.82, 2.24) is 8.97 Å². The summed E-state index contributed by atoms with van der Waals surface area (Å²) in [6, 6.07) is 19.9. The first kappa shape index (κ1) is 13.7. The van der Waals surface area contributed by atoms with Crippen molar-refractivity contribution in [2.45, 2.75) is 32.9 Å². The molecule has 3 atom stereocenters. The Morgan fingerprint density at radius 1 is 0.909 bits per heavy atom. The molecular formula is C20H24N2+2. The van der Waals surface area contributed by atoms with E-state index < -0.39 is 0 Å². The second-order valence-corrected chi connectivity index (χ2v) is 6.69. The summed E-state index contributed by atoms with van der Waals surface area (Å²) in [4.78, 5) is 0. The van der Waals surface area contributed by atoms with Gasteiger partial charge in [0.2, 0.25) is 12.8 Å². The second kappa shape index (κ2) is 4.80. The Morgan fingerprint density at radius 2 is 1.59 bits per heavy atom. The molecule has 3 unspecified atom stereocenters. The standard InChI is InChI=1S/C20H24N2/c1-3-9-20-21(18-11-5-4-6-12-18)14-15-22(20,16-21)19-13-8-7-10-17(19)2/h4-8,10-15,20H,3,9,16H2,1-2H3/q+2.